The number of benzene rings is 1. The van der Waals surface area contributed by atoms with Crippen LogP contribution in [-0.4, -0.2) is 43.9 Å². The van der Waals surface area contributed by atoms with Gasteiger partial charge in [0.25, 0.3) is 0 Å². The van der Waals surface area contributed by atoms with Gasteiger partial charge in [-0.05, 0) is 44.3 Å². The molecule has 0 radical (unpaired) electrons. The molecule has 0 unspecified atom stereocenters. The Kier molecular flexibility index (Phi) is 6.67. The van der Waals surface area contributed by atoms with Crippen LogP contribution in [0.4, 0.5) is 0 Å². The number of thioether (sulfide) groups is 1. The van der Waals surface area contributed by atoms with Crippen LogP contribution >= 0.6 is 11.8 Å². The molecule has 0 aromatic heterocycles. The summed E-state index contributed by atoms with van der Waals surface area (Å²) >= 11 is 1.18. The van der Waals surface area contributed by atoms with E-state index in [1.54, 1.807) is 6.07 Å². The molecule has 1 saturated heterocycles. The van der Waals surface area contributed by atoms with E-state index in [1.807, 2.05) is 52.0 Å². The second-order valence-electron chi connectivity index (χ2n) is 7.86. The molecule has 1 aromatic rings. The van der Waals surface area contributed by atoms with Crippen molar-refractivity contribution in [1.82, 2.24) is 0 Å². The molecular weight excluding hydrogens is 383 g/mol. The quantitative estimate of drug-likeness (QED) is 0.669. The fraction of sp³-hybridized carbons (Fsp3) is 0.526. The molecule has 0 saturated carbocycles. The predicted molar refractivity (Wildman–Crippen MR) is 112 cm³/mol. The minimum absolute atomic E-state index is 0.00170. The lowest BCUT2D eigenvalue weighted by Crippen LogP contribution is -2.41. The van der Waals surface area contributed by atoms with Crippen LogP contribution in [0.1, 0.15) is 45.7 Å². The number of hydrogen-bond donors (Lipinski definition) is 0. The van der Waals surface area contributed by atoms with Crippen LogP contribution in [0.5, 0.6) is 0 Å². The molecule has 1 heterocycles. The fourth-order valence-electron chi connectivity index (χ4n) is 2.65. The van der Waals surface area contributed by atoms with Crippen molar-refractivity contribution >= 4 is 39.9 Å². The topological polar surface area (TPSA) is 69.7 Å². The zero-order chi connectivity index (χ0) is 20.5. The highest BCUT2D eigenvalue weighted by Crippen LogP contribution is 2.39. The lowest BCUT2D eigenvalue weighted by Gasteiger charge is -2.32. The maximum Gasteiger partial charge on any atom is 0.491 e. The minimum atomic E-state index is -3.17. The molecule has 0 amide bonds. The molecule has 1 aliphatic rings. The van der Waals surface area contributed by atoms with Crippen molar-refractivity contribution < 1.29 is 22.5 Å². The monoisotopic (exact) mass is 410 g/mol. The first-order chi connectivity index (χ1) is 12.3. The van der Waals surface area contributed by atoms with Crippen LogP contribution in [0.25, 0.3) is 6.08 Å². The lowest BCUT2D eigenvalue weighted by atomic mass is 9.78. The Balaban J connectivity index is 2.42. The number of carbonyl (C=O) groups excluding carboxylic acids is 1. The van der Waals surface area contributed by atoms with Crippen LogP contribution in [0, 0.1) is 0 Å². The van der Waals surface area contributed by atoms with Crippen molar-refractivity contribution in [3.05, 3.63) is 40.9 Å². The highest BCUT2D eigenvalue weighted by atomic mass is 32.2. The van der Waals surface area contributed by atoms with Crippen LogP contribution in [0.2, 0.25) is 0 Å². The summed E-state index contributed by atoms with van der Waals surface area (Å²) in [5.74, 6) is 0.371. The van der Waals surface area contributed by atoms with Crippen molar-refractivity contribution in [3.8, 4) is 0 Å². The largest absolute Gasteiger partial charge is 0.491 e. The second kappa shape index (κ2) is 8.11. The summed E-state index contributed by atoms with van der Waals surface area (Å²) in [4.78, 5) is 11.5. The number of hydrogen-bond acceptors (Lipinski definition) is 6. The van der Waals surface area contributed by atoms with Gasteiger partial charge in [0.2, 0.25) is 0 Å². The Labute approximate surface area is 167 Å². The molecule has 148 valence electrons. The average Bonchev–Trinajstić information content (AvgIpc) is 2.71. The van der Waals surface area contributed by atoms with Crippen LogP contribution in [0.15, 0.2) is 29.7 Å². The van der Waals surface area contributed by atoms with Gasteiger partial charge < -0.3 is 9.31 Å². The van der Waals surface area contributed by atoms with E-state index in [2.05, 4.69) is 0 Å². The summed E-state index contributed by atoms with van der Waals surface area (Å²) in [5, 5.41) is 0.00170. The molecule has 8 heteroatoms. The Bertz CT molecular complexity index is 827. The van der Waals surface area contributed by atoms with Crippen LogP contribution in [0.3, 0.4) is 0 Å². The Morgan fingerprint density at radius 2 is 1.70 bits per heavy atom. The van der Waals surface area contributed by atoms with E-state index in [4.69, 9.17) is 9.31 Å². The van der Waals surface area contributed by atoms with Crippen molar-refractivity contribution in [3.63, 3.8) is 0 Å². The first-order valence-corrected chi connectivity index (χ1v) is 11.8. The summed E-state index contributed by atoms with van der Waals surface area (Å²) in [6, 6.07) is 7.34. The van der Waals surface area contributed by atoms with Crippen LogP contribution in [-0.2, 0) is 29.7 Å². The standard InChI is InChI=1S/C19H27BO5S2/c1-14(21)26-12-17(20-24-18(2,3)19(4,5)25-20)11-15-9-7-8-10-16(15)13-27(6,22)23/h7-11H,12-13H2,1-6H3. The van der Waals surface area contributed by atoms with Gasteiger partial charge in [-0.25, -0.2) is 8.42 Å². The predicted octanol–water partition coefficient (Wildman–Crippen LogP) is 3.53. The number of rotatable bonds is 6. The summed E-state index contributed by atoms with van der Waals surface area (Å²) in [5.41, 5.74) is 1.31. The zero-order valence-electron chi connectivity index (χ0n) is 16.7. The highest BCUT2D eigenvalue weighted by Gasteiger charge is 2.52. The average molecular weight is 410 g/mol. The van der Waals surface area contributed by atoms with Crippen molar-refractivity contribution in [2.45, 2.75) is 51.6 Å². The van der Waals surface area contributed by atoms with E-state index in [0.717, 1.165) is 11.0 Å². The van der Waals surface area contributed by atoms with E-state index < -0.39 is 28.2 Å². The normalized spacial score (nSPS) is 19.3. The first-order valence-electron chi connectivity index (χ1n) is 8.76. The van der Waals surface area contributed by atoms with Crippen molar-refractivity contribution in [2.75, 3.05) is 12.0 Å². The molecule has 0 atom stereocenters. The van der Waals surface area contributed by atoms with Crippen LogP contribution < -0.4 is 0 Å². The van der Waals surface area contributed by atoms with E-state index in [0.29, 0.717) is 11.3 Å². The molecule has 0 bridgehead atoms. The third-order valence-electron chi connectivity index (χ3n) is 4.81. The highest BCUT2D eigenvalue weighted by molar-refractivity contribution is 8.13. The van der Waals surface area contributed by atoms with E-state index in [-0.39, 0.29) is 10.9 Å². The fourth-order valence-corrected chi connectivity index (χ4v) is 4.06. The van der Waals surface area contributed by atoms with Gasteiger partial charge in [-0.3, -0.25) is 4.79 Å². The SMILES string of the molecule is CC(=O)SCC(=Cc1ccccc1CS(C)(=O)=O)B1OC(C)(C)C(C)(C)O1. The zero-order valence-corrected chi connectivity index (χ0v) is 18.4. The van der Waals surface area contributed by atoms with Gasteiger partial charge in [0.1, 0.15) is 0 Å². The molecular formula is C19H27BO5S2. The molecule has 5 nitrogen and oxygen atoms in total. The Hall–Kier alpha value is -1.09. The number of carbonyl (C=O) groups is 1. The summed E-state index contributed by atoms with van der Waals surface area (Å²) < 4.78 is 35.8. The Morgan fingerprint density at radius 1 is 1.15 bits per heavy atom. The summed E-state index contributed by atoms with van der Waals surface area (Å²) in [6.07, 6.45) is 3.10. The van der Waals surface area contributed by atoms with E-state index >= 15 is 0 Å². The Morgan fingerprint density at radius 3 is 2.22 bits per heavy atom. The van der Waals surface area contributed by atoms with Gasteiger partial charge in [-0.2, -0.15) is 0 Å². The van der Waals surface area contributed by atoms with Gasteiger partial charge in [-0.15, -0.1) is 0 Å². The van der Waals surface area contributed by atoms with E-state index in [1.165, 1.54) is 24.9 Å². The molecule has 27 heavy (non-hydrogen) atoms. The second-order valence-corrected chi connectivity index (χ2v) is 11.1. The maximum absolute atomic E-state index is 11.8. The molecule has 1 aliphatic heterocycles. The molecule has 0 N–H and O–H groups in total. The summed E-state index contributed by atoms with van der Waals surface area (Å²) in [7, 11) is -3.76. The lowest BCUT2D eigenvalue weighted by molar-refractivity contribution is -0.109. The van der Waals surface area contributed by atoms with Gasteiger partial charge >= 0.3 is 7.12 Å². The van der Waals surface area contributed by atoms with Gasteiger partial charge in [0.05, 0.1) is 17.0 Å². The van der Waals surface area contributed by atoms with Gasteiger partial charge in [0.15, 0.2) is 15.0 Å². The molecule has 2 rings (SSSR count). The third-order valence-corrected chi connectivity index (χ3v) is 6.53. The first kappa shape index (κ1) is 22.2. The molecule has 0 aliphatic carbocycles. The third kappa shape index (κ3) is 5.94. The maximum atomic E-state index is 11.8. The van der Waals surface area contributed by atoms with Crippen molar-refractivity contribution in [1.29, 1.82) is 0 Å². The number of sulfone groups is 1. The summed E-state index contributed by atoms with van der Waals surface area (Å²) in [6.45, 7) is 9.41. The van der Waals surface area contributed by atoms with E-state index in [9.17, 15) is 13.2 Å². The molecule has 1 aromatic carbocycles. The minimum Gasteiger partial charge on any atom is -0.400 e. The molecule has 0 spiro atoms. The van der Waals surface area contributed by atoms with Gasteiger partial charge in [-0.1, -0.05) is 42.1 Å². The molecule has 1 fully saturated rings. The smallest absolute Gasteiger partial charge is 0.400 e. The van der Waals surface area contributed by atoms with Gasteiger partial charge in [0, 0.05) is 18.9 Å². The van der Waals surface area contributed by atoms with Crippen molar-refractivity contribution in [2.24, 2.45) is 0 Å².